The van der Waals surface area contributed by atoms with Crippen LogP contribution in [0.25, 0.3) is 20.2 Å². The van der Waals surface area contributed by atoms with E-state index < -0.39 is 35.6 Å². The molecule has 0 radical (unpaired) electrons. The van der Waals surface area contributed by atoms with Gasteiger partial charge in [0.05, 0.1) is 49.0 Å². The number of fused-ring (bicyclic) bond motifs is 2. The number of hydrogen-bond acceptors (Lipinski definition) is 10. The summed E-state index contributed by atoms with van der Waals surface area (Å²) in [5.74, 6) is -2.14. The van der Waals surface area contributed by atoms with Crippen molar-refractivity contribution in [3.05, 3.63) is 46.2 Å². The van der Waals surface area contributed by atoms with E-state index in [9.17, 15) is 19.2 Å². The van der Waals surface area contributed by atoms with Crippen molar-refractivity contribution in [2.24, 2.45) is 23.7 Å². The molecule has 6 rings (SSSR count). The van der Waals surface area contributed by atoms with Crippen molar-refractivity contribution in [3.63, 3.8) is 0 Å². The number of carboxylic acids is 2. The van der Waals surface area contributed by atoms with Crippen molar-refractivity contribution in [1.29, 1.82) is 0 Å². The fraction of sp³-hybridized carbons (Fsp3) is 0.355. The van der Waals surface area contributed by atoms with Gasteiger partial charge >= 0.3 is 11.9 Å². The van der Waals surface area contributed by atoms with Crippen LogP contribution in [-0.2, 0) is 9.59 Å². The molecule has 2 aliphatic carbocycles. The molecule has 2 heterocycles. The molecule has 0 amide bonds. The molecule has 4 atom stereocenters. The average molecular weight is 625 g/mol. The number of ketones is 2. The Kier molecular flexibility index (Phi) is 7.74. The van der Waals surface area contributed by atoms with Gasteiger partial charge in [-0.3, -0.25) is 19.2 Å². The predicted molar refractivity (Wildman–Crippen MR) is 159 cm³/mol. The zero-order chi connectivity index (χ0) is 30.4. The summed E-state index contributed by atoms with van der Waals surface area (Å²) in [7, 11) is 3.08. The number of benzene rings is 2. The van der Waals surface area contributed by atoms with Gasteiger partial charge in [0, 0.05) is 39.8 Å². The number of carbonyl (C=O) groups is 4. The molecule has 2 aromatic heterocycles. The number of rotatable bonds is 14. The Balaban J connectivity index is 1.07. The third-order valence-electron chi connectivity index (χ3n) is 7.78. The van der Waals surface area contributed by atoms with Gasteiger partial charge in [-0.25, -0.2) is 0 Å². The van der Waals surface area contributed by atoms with Crippen molar-refractivity contribution in [3.8, 4) is 23.0 Å². The quantitative estimate of drug-likeness (QED) is 0.131. The van der Waals surface area contributed by atoms with Crippen LogP contribution < -0.4 is 18.9 Å². The Labute approximate surface area is 253 Å². The van der Waals surface area contributed by atoms with Gasteiger partial charge in [-0.05, 0) is 47.9 Å². The first-order valence-electron chi connectivity index (χ1n) is 13.7. The first kappa shape index (κ1) is 28.9. The number of Topliss-reactive ketones (excluding diaryl/α,β-unsaturated/α-hetero) is 2. The fourth-order valence-corrected chi connectivity index (χ4v) is 7.34. The van der Waals surface area contributed by atoms with E-state index >= 15 is 0 Å². The number of carbonyl (C=O) groups excluding carboxylic acids is 2. The molecular weight excluding hydrogens is 596 g/mol. The summed E-state index contributed by atoms with van der Waals surface area (Å²) < 4.78 is 24.7. The van der Waals surface area contributed by atoms with Gasteiger partial charge < -0.3 is 29.2 Å². The highest BCUT2D eigenvalue weighted by atomic mass is 32.1. The van der Waals surface area contributed by atoms with E-state index in [1.165, 1.54) is 22.7 Å². The lowest BCUT2D eigenvalue weighted by Gasteiger charge is -2.13. The zero-order valence-corrected chi connectivity index (χ0v) is 24.9. The maximum atomic E-state index is 12.7. The van der Waals surface area contributed by atoms with Crippen LogP contribution in [0.2, 0.25) is 0 Å². The van der Waals surface area contributed by atoms with Crippen LogP contribution in [0, 0.1) is 23.7 Å². The van der Waals surface area contributed by atoms with Gasteiger partial charge in [0.2, 0.25) is 0 Å². The van der Waals surface area contributed by atoms with Gasteiger partial charge in [0.25, 0.3) is 0 Å². The molecule has 4 aromatic rings. The molecule has 43 heavy (non-hydrogen) atoms. The van der Waals surface area contributed by atoms with Gasteiger partial charge in [-0.1, -0.05) is 0 Å². The highest BCUT2D eigenvalue weighted by Crippen LogP contribution is 2.45. The molecule has 2 aliphatic rings. The zero-order valence-electron chi connectivity index (χ0n) is 23.3. The predicted octanol–water partition coefficient (Wildman–Crippen LogP) is 5.79. The number of aliphatic carboxylic acids is 2. The van der Waals surface area contributed by atoms with Crippen molar-refractivity contribution >= 4 is 66.4 Å². The summed E-state index contributed by atoms with van der Waals surface area (Å²) in [4.78, 5) is 48.9. The van der Waals surface area contributed by atoms with Crippen LogP contribution >= 0.6 is 22.7 Å². The molecule has 0 bridgehead atoms. The number of ether oxygens (including phenoxy) is 4. The minimum Gasteiger partial charge on any atom is -0.493 e. The third kappa shape index (κ3) is 5.76. The summed E-state index contributed by atoms with van der Waals surface area (Å²) in [6.07, 6.45) is 1.30. The van der Waals surface area contributed by atoms with Gasteiger partial charge in [0.15, 0.2) is 34.6 Å². The maximum Gasteiger partial charge on any atom is 0.307 e. The van der Waals surface area contributed by atoms with Crippen LogP contribution in [0.5, 0.6) is 23.0 Å². The second kappa shape index (κ2) is 11.5. The molecule has 2 fully saturated rings. The smallest absolute Gasteiger partial charge is 0.307 e. The van der Waals surface area contributed by atoms with Crippen molar-refractivity contribution in [2.45, 2.75) is 19.3 Å². The van der Waals surface area contributed by atoms with Crippen LogP contribution in [0.4, 0.5) is 0 Å². The standard InChI is InChI=1S/C31H28O10S2/c1-38-20-12-24-14(8-26(42-24)28(32)16-10-18(16)30(34)35)6-22(20)40-4-3-5-41-23-7-15-9-27(43-25(15)13-21(23)39-2)29(33)17-11-19(17)31(36)37/h6-9,12-13,16-19H,3-5,10-11H2,1-2H3,(H,34,35)(H,36,37)/t16-,17-,18-,19-/m0/s1. The van der Waals surface area contributed by atoms with E-state index in [1.54, 1.807) is 26.4 Å². The van der Waals surface area contributed by atoms with Crippen molar-refractivity contribution < 1.29 is 48.3 Å². The Hall–Kier alpha value is -4.16. The third-order valence-corrected chi connectivity index (χ3v) is 10.0. The van der Waals surface area contributed by atoms with Crippen molar-refractivity contribution in [2.75, 3.05) is 27.4 Å². The Bertz CT molecular complexity index is 1640. The van der Waals surface area contributed by atoms with E-state index in [2.05, 4.69) is 0 Å². The molecule has 2 aromatic carbocycles. The summed E-state index contributed by atoms with van der Waals surface area (Å²) in [6.45, 7) is 0.655. The Morgan fingerprint density at radius 2 is 1.07 bits per heavy atom. The molecule has 224 valence electrons. The minimum absolute atomic E-state index is 0.138. The Morgan fingerprint density at radius 1 is 0.651 bits per heavy atom. The van der Waals surface area contributed by atoms with E-state index in [4.69, 9.17) is 29.2 Å². The lowest BCUT2D eigenvalue weighted by molar-refractivity contribution is -0.139. The molecule has 2 N–H and O–H groups in total. The second-order valence-corrected chi connectivity index (χ2v) is 12.8. The molecule has 2 saturated carbocycles. The SMILES string of the molecule is COc1cc2sc(C(=O)[C@H]3C[C@@H]3C(=O)O)cc2cc1OCCCOc1cc2cc(C(=O)[C@H]3C[C@@H]3C(=O)O)sc2cc1OC. The van der Waals surface area contributed by atoms with E-state index in [0.717, 1.165) is 20.2 Å². The lowest BCUT2D eigenvalue weighted by atomic mass is 10.1. The maximum absolute atomic E-state index is 12.7. The van der Waals surface area contributed by atoms with Gasteiger partial charge in [0.1, 0.15) is 0 Å². The molecule has 0 unspecified atom stereocenters. The topological polar surface area (TPSA) is 146 Å². The van der Waals surface area contributed by atoms with Crippen LogP contribution in [0.15, 0.2) is 36.4 Å². The minimum atomic E-state index is -0.932. The molecule has 0 spiro atoms. The normalized spacial score (nSPS) is 20.5. The lowest BCUT2D eigenvalue weighted by Crippen LogP contribution is -2.06. The summed E-state index contributed by atoms with van der Waals surface area (Å²) >= 11 is 2.63. The number of carboxylic acid groups (broad SMARTS) is 2. The molecule has 0 aliphatic heterocycles. The molecular formula is C31H28O10S2. The highest BCUT2D eigenvalue weighted by molar-refractivity contribution is 7.21. The first-order chi connectivity index (χ1) is 20.7. The molecule has 0 saturated heterocycles. The average Bonchev–Trinajstić information content (AvgIpc) is 3.89. The summed E-state index contributed by atoms with van der Waals surface area (Å²) in [5.41, 5.74) is 0. The van der Waals surface area contributed by atoms with E-state index in [1.807, 2.05) is 24.3 Å². The Morgan fingerprint density at radius 3 is 1.42 bits per heavy atom. The first-order valence-corrected chi connectivity index (χ1v) is 15.3. The van der Waals surface area contributed by atoms with Crippen molar-refractivity contribution in [1.82, 2.24) is 0 Å². The number of methoxy groups -OCH3 is 2. The van der Waals surface area contributed by atoms with Gasteiger partial charge in [-0.15, -0.1) is 22.7 Å². The monoisotopic (exact) mass is 624 g/mol. The highest BCUT2D eigenvalue weighted by Gasteiger charge is 2.49. The van der Waals surface area contributed by atoms with Gasteiger partial charge in [-0.2, -0.15) is 0 Å². The largest absolute Gasteiger partial charge is 0.493 e. The molecule has 10 nitrogen and oxygen atoms in total. The van der Waals surface area contributed by atoms with E-state index in [-0.39, 0.29) is 11.6 Å². The number of hydrogen-bond donors (Lipinski definition) is 2. The second-order valence-electron chi connectivity index (χ2n) is 10.7. The fourth-order valence-electron chi connectivity index (χ4n) is 5.19. The van der Waals surface area contributed by atoms with Crippen LogP contribution in [0.1, 0.15) is 38.6 Å². The van der Waals surface area contributed by atoms with E-state index in [0.29, 0.717) is 65.2 Å². The van der Waals surface area contributed by atoms with Crippen LogP contribution in [-0.4, -0.2) is 61.2 Å². The summed E-state index contributed by atoms with van der Waals surface area (Å²) in [5, 5.41) is 19.9. The number of thiophene rings is 2. The summed E-state index contributed by atoms with van der Waals surface area (Å²) in [6, 6.07) is 10.8. The molecule has 12 heteroatoms. The van der Waals surface area contributed by atoms with Crippen LogP contribution in [0.3, 0.4) is 0 Å².